The monoisotopic (exact) mass is 2050 g/mol. The number of nitrogens with zero attached hydrogens (tertiary/aromatic N) is 21. The Balaban J connectivity index is 0.000000145. The molecule has 0 amide bonds. The number of hydrogen-bond donors (Lipinski definition) is 1. The number of rotatable bonds is 34. The number of thiazole rings is 1. The van der Waals surface area contributed by atoms with Gasteiger partial charge < -0.3 is 43.8 Å². The van der Waals surface area contributed by atoms with E-state index in [0.29, 0.717) is 34.3 Å². The van der Waals surface area contributed by atoms with Gasteiger partial charge in [0, 0.05) is 133 Å². The Morgan fingerprint density at radius 1 is 0.558 bits per heavy atom. The molecule has 29 heteroatoms. The van der Waals surface area contributed by atoms with E-state index in [4.69, 9.17) is 82.4 Å². The average molecular weight is 2050 g/mol. The van der Waals surface area contributed by atoms with E-state index in [1.807, 2.05) is 124 Å². The summed E-state index contributed by atoms with van der Waals surface area (Å²) in [6.45, 7) is 61.7. The van der Waals surface area contributed by atoms with Crippen molar-refractivity contribution in [1.29, 1.82) is 0 Å². The van der Waals surface area contributed by atoms with Gasteiger partial charge in [-0.3, -0.25) is 9.25 Å². The zero-order chi connectivity index (χ0) is 106. The van der Waals surface area contributed by atoms with Gasteiger partial charge in [-0.25, -0.2) is 39.3 Å². The maximum absolute atomic E-state index is 14.5. The standard InChI is InChI=1S/C27H32ClFN2OS.C24H34N4.C23H29ClN4.C22H26N6O2.C22H32N6/c1-6-11-31(24(13-19-8-9-19)20-10-7-16(2)23(29)14-20)27-30-26(18(4)33-27)21-12-17(3)25(32-5)15-22(21)28;1-9-11-12-27(10-2)23-21-18(6)19(7)28(24(21)26-20(8)25-23)22-16(4)13-15(3)14-17(22)5;1-5-7-18(8-6-2)27-11-12-28-23-20(27)14-16(4)25-22(23)21(26-28)19-10-9-17(24)13-15(19)3;1-7-18(22-24-15(5)27-30-22)25-19-11-13(3)23-21-20(14(4)26-28(19)21)17-9-8-16(29-6)10-12(17)2;1-8-10-27(11-9-2)20-13-16(4)24-22-21(17(5)25-28(20)22)18-14-23-19(26(6)7)12-15(18)3/h7,10,12,14-15,19,24H,6,8-9,11,13H2,1-5H3;13-14H,9-12H2,1-8H3;9-10,13-14,18H,5-8,11-12H2,1-4H3;8-11,18,25H,7H2,1-6H3;12-14H,8-11H2,1-7H3/t24-;;;;/m0..../s1. The summed E-state index contributed by atoms with van der Waals surface area (Å²) in [6.07, 6.45) is 16.7. The van der Waals surface area contributed by atoms with Crippen LogP contribution in [0.2, 0.25) is 10.0 Å². The van der Waals surface area contributed by atoms with Gasteiger partial charge in [0.2, 0.25) is 5.89 Å². The Morgan fingerprint density at radius 3 is 1.82 bits per heavy atom. The summed E-state index contributed by atoms with van der Waals surface area (Å²) in [5.74, 6) is 8.18. The van der Waals surface area contributed by atoms with Crippen LogP contribution in [-0.2, 0) is 6.54 Å². The molecule has 2 atom stereocenters. The molecule has 1 aliphatic heterocycles. The molecule has 11 aromatic heterocycles. The lowest BCUT2D eigenvalue weighted by atomic mass is 9.98. The summed E-state index contributed by atoms with van der Waals surface area (Å²) in [5.41, 5.74) is 33.1. The van der Waals surface area contributed by atoms with Crippen LogP contribution in [0.1, 0.15) is 263 Å². The number of hydrogen-bond acceptors (Lipinski definition) is 22. The van der Waals surface area contributed by atoms with Gasteiger partial charge in [-0.15, -0.1) is 11.3 Å². The van der Waals surface area contributed by atoms with Crippen molar-refractivity contribution in [3.05, 3.63) is 237 Å². The van der Waals surface area contributed by atoms with Crippen molar-refractivity contribution in [3.63, 3.8) is 0 Å². The van der Waals surface area contributed by atoms with E-state index >= 15 is 0 Å². The number of pyridine rings is 2. The summed E-state index contributed by atoms with van der Waals surface area (Å²) in [4.78, 5) is 51.5. The number of methoxy groups -OCH3 is 2. The van der Waals surface area contributed by atoms with Crippen molar-refractivity contribution in [2.75, 3.05) is 97.4 Å². The highest BCUT2D eigenvalue weighted by atomic mass is 35.5. The molecule has 0 radical (unpaired) electrons. The van der Waals surface area contributed by atoms with Crippen molar-refractivity contribution in [1.82, 2.24) is 78.6 Å². The second-order valence-electron chi connectivity index (χ2n) is 40.2. The summed E-state index contributed by atoms with van der Waals surface area (Å²) in [6, 6.07) is 35.3. The second-order valence-corrected chi connectivity index (χ2v) is 42.2. The van der Waals surface area contributed by atoms with Crippen molar-refractivity contribution < 1.29 is 18.4 Å². The molecule has 12 heterocycles. The van der Waals surface area contributed by atoms with Gasteiger partial charge in [0.25, 0.3) is 0 Å². The first-order chi connectivity index (χ1) is 70.4. The molecule has 2 aliphatic rings. The number of aryl methyl sites for hydroxylation is 17. The average Bonchev–Trinajstić information content (AvgIpc) is 1.59. The Morgan fingerprint density at radius 2 is 1.21 bits per heavy atom. The molecule has 1 aliphatic carbocycles. The van der Waals surface area contributed by atoms with Crippen molar-refractivity contribution in [2.45, 2.75) is 288 Å². The predicted molar refractivity (Wildman–Crippen MR) is 608 cm³/mol. The van der Waals surface area contributed by atoms with Crippen LogP contribution in [0.3, 0.4) is 0 Å². The van der Waals surface area contributed by atoms with E-state index in [2.05, 4.69) is 236 Å². The Kier molecular flexibility index (Phi) is 36.4. The highest BCUT2D eigenvalue weighted by Gasteiger charge is 2.35. The number of ether oxygens (including phenoxy) is 2. The van der Waals surface area contributed by atoms with Crippen LogP contribution >= 0.6 is 34.5 Å². The quantitative estimate of drug-likeness (QED) is 0.0395. The van der Waals surface area contributed by atoms with Gasteiger partial charge in [0.1, 0.15) is 69.2 Å². The van der Waals surface area contributed by atoms with E-state index in [0.717, 1.165) is 251 Å². The largest absolute Gasteiger partial charge is 0.497 e. The number of nitrogens with one attached hydrogen (secondary N) is 1. The fourth-order valence-electron chi connectivity index (χ4n) is 20.7. The Hall–Kier alpha value is -12.6. The molecule has 1 N–H and O–H groups in total. The summed E-state index contributed by atoms with van der Waals surface area (Å²) in [5, 5.41) is 25.7. The first-order valence-electron chi connectivity index (χ1n) is 52.7. The van der Waals surface area contributed by atoms with Gasteiger partial charge in [-0.05, 0) is 299 Å². The summed E-state index contributed by atoms with van der Waals surface area (Å²) >= 11 is 14.5. The molecular weight excluding hydrogens is 1900 g/mol. The maximum Gasteiger partial charge on any atom is 0.249 e. The minimum absolute atomic E-state index is 0.110. The van der Waals surface area contributed by atoms with Crippen LogP contribution in [0.5, 0.6) is 11.5 Å². The van der Waals surface area contributed by atoms with Crippen LogP contribution < -0.4 is 39.3 Å². The summed E-state index contributed by atoms with van der Waals surface area (Å²) < 4.78 is 39.1. The molecule has 18 rings (SSSR count). The SMILES string of the molecule is CCC(Nc1cc(C)nc2c(-c3ccc(OC)cc3C)c(C)nn12)c1nc(C)no1.CCCC(CCC)N1CCn2nc(-c3ccc(Cl)cc3C)c3nc(C)cc1c32.CCCCN(CC)c1nc(C)nc2c1c(C)c(C)n2-c1c(C)cc(C)cc1C.CCCN(CCC)c1cc(C)nc2c(-c3cnc(N(C)C)cc3C)c(C)nn12.CCCN(c1nc(-c2cc(C)c(OC)cc2Cl)c(C)s1)[C@@H](CC1CC1)c1ccc(C)c(F)c1. The number of fused-ring (bicyclic) bond motifs is 3. The van der Waals surface area contributed by atoms with Gasteiger partial charge in [-0.2, -0.15) is 29.3 Å². The first kappa shape index (κ1) is 110. The zero-order valence-electron chi connectivity index (χ0n) is 92.5. The fourth-order valence-corrected chi connectivity index (χ4v) is 22.1. The smallest absolute Gasteiger partial charge is 0.249 e. The topological polar surface area (TPSA) is 233 Å². The van der Waals surface area contributed by atoms with Gasteiger partial charge in [0.15, 0.2) is 27.9 Å². The number of aromatic nitrogens is 16. The lowest BCUT2D eigenvalue weighted by molar-refractivity contribution is 0.356. The number of halogens is 3. The van der Waals surface area contributed by atoms with E-state index in [1.54, 1.807) is 31.6 Å². The molecule has 0 saturated heterocycles. The van der Waals surface area contributed by atoms with E-state index in [1.165, 1.54) is 107 Å². The Labute approximate surface area is 883 Å². The molecule has 25 nitrogen and oxygen atoms in total. The first-order valence-corrected chi connectivity index (χ1v) is 54.3. The molecule has 1 unspecified atom stereocenters. The lowest BCUT2D eigenvalue weighted by Gasteiger charge is -2.37. The Bertz CT molecular complexity index is 7310. The molecule has 0 bridgehead atoms. The van der Waals surface area contributed by atoms with Crippen LogP contribution in [0.25, 0.3) is 83.8 Å². The van der Waals surface area contributed by atoms with E-state index < -0.39 is 0 Å². The zero-order valence-corrected chi connectivity index (χ0v) is 94.8. The van der Waals surface area contributed by atoms with Gasteiger partial charge in [0.05, 0.1) is 71.2 Å². The van der Waals surface area contributed by atoms with Crippen molar-refractivity contribution in [2.24, 2.45) is 5.92 Å². The number of unbranched alkanes of at least 4 members (excludes halogenated alkanes) is 1. The third-order valence-electron chi connectivity index (χ3n) is 28.2. The second kappa shape index (κ2) is 48.6. The molecule has 0 spiro atoms. The molecule has 1 saturated carbocycles. The molecule has 147 heavy (non-hydrogen) atoms. The maximum atomic E-state index is 14.5. The highest BCUT2D eigenvalue weighted by Crippen LogP contribution is 2.48. The van der Waals surface area contributed by atoms with Crippen LogP contribution in [0.4, 0.5) is 38.5 Å². The van der Waals surface area contributed by atoms with Crippen LogP contribution in [-0.4, -0.2) is 152 Å². The lowest BCUT2D eigenvalue weighted by Crippen LogP contribution is -2.40. The normalized spacial score (nSPS) is 12.7. The molecule has 780 valence electrons. The third kappa shape index (κ3) is 24.4. The summed E-state index contributed by atoms with van der Waals surface area (Å²) in [7, 11) is 7.35. The molecule has 5 aromatic carbocycles. The van der Waals surface area contributed by atoms with E-state index in [-0.39, 0.29) is 17.9 Å². The van der Waals surface area contributed by atoms with Gasteiger partial charge in [-0.1, -0.05) is 151 Å². The predicted octanol–water partition coefficient (Wildman–Crippen LogP) is 29.3. The van der Waals surface area contributed by atoms with Crippen molar-refractivity contribution in [3.8, 4) is 62.0 Å². The van der Waals surface area contributed by atoms with E-state index in [9.17, 15) is 4.39 Å². The minimum Gasteiger partial charge on any atom is -0.497 e. The highest BCUT2D eigenvalue weighted by molar-refractivity contribution is 7.16. The van der Waals surface area contributed by atoms with Crippen LogP contribution in [0, 0.1) is 136 Å². The molecule has 16 aromatic rings. The number of benzene rings is 5. The minimum atomic E-state index is -0.138. The molecule has 1 fully saturated rings. The van der Waals surface area contributed by atoms with Crippen LogP contribution in [0.15, 0.2) is 114 Å². The van der Waals surface area contributed by atoms with Gasteiger partial charge >= 0.3 is 0 Å². The molecular formula is C118H153Cl2FN22O3S. The van der Waals surface area contributed by atoms with Crippen molar-refractivity contribution >= 4 is 102 Å². The third-order valence-corrected chi connectivity index (χ3v) is 29.7. The number of anilines is 6. The fraction of sp³-hybridized carbons (Fsp3) is 0.458.